The lowest BCUT2D eigenvalue weighted by molar-refractivity contribution is -0.113. The van der Waals surface area contributed by atoms with Gasteiger partial charge < -0.3 is 10.1 Å². The predicted molar refractivity (Wildman–Crippen MR) is 122 cm³/mol. The van der Waals surface area contributed by atoms with Gasteiger partial charge in [0.25, 0.3) is 0 Å². The fourth-order valence-corrected chi connectivity index (χ4v) is 3.94. The molecule has 0 aliphatic rings. The van der Waals surface area contributed by atoms with E-state index in [1.807, 2.05) is 85.8 Å². The van der Waals surface area contributed by atoms with E-state index in [1.54, 1.807) is 0 Å². The number of aromatic nitrogens is 2. The van der Waals surface area contributed by atoms with Crippen LogP contribution in [0.15, 0.2) is 83.9 Å². The number of fused-ring (bicyclic) bond motifs is 1. The smallest absolute Gasteiger partial charge is 0.234 e. The van der Waals surface area contributed by atoms with E-state index in [1.165, 1.54) is 11.8 Å². The van der Waals surface area contributed by atoms with Crippen molar-refractivity contribution in [2.75, 3.05) is 17.7 Å². The molecule has 0 aliphatic heterocycles. The molecule has 1 amide bonds. The van der Waals surface area contributed by atoms with Crippen LogP contribution in [-0.2, 0) is 4.79 Å². The van der Waals surface area contributed by atoms with Gasteiger partial charge in [-0.05, 0) is 19.1 Å². The monoisotopic (exact) mass is 415 g/mol. The minimum Gasteiger partial charge on any atom is -0.492 e. The number of anilines is 1. The Morgan fingerprint density at radius 1 is 0.900 bits per heavy atom. The normalized spacial score (nSPS) is 10.7. The Bertz CT molecular complexity index is 1170. The fourth-order valence-electron chi connectivity index (χ4n) is 3.17. The molecule has 5 nitrogen and oxygen atoms in total. The highest BCUT2D eigenvalue weighted by molar-refractivity contribution is 8.00. The van der Waals surface area contributed by atoms with Crippen molar-refractivity contribution in [2.45, 2.75) is 11.9 Å². The summed E-state index contributed by atoms with van der Waals surface area (Å²) < 4.78 is 5.57. The lowest BCUT2D eigenvalue weighted by atomic mass is 10.1. The zero-order valence-corrected chi connectivity index (χ0v) is 17.4. The van der Waals surface area contributed by atoms with Crippen LogP contribution in [0.1, 0.15) is 6.92 Å². The second kappa shape index (κ2) is 9.41. The first-order valence-electron chi connectivity index (χ1n) is 9.71. The third-order valence-electron chi connectivity index (χ3n) is 4.50. The number of hydrogen-bond donors (Lipinski definition) is 1. The van der Waals surface area contributed by atoms with Gasteiger partial charge in [0.2, 0.25) is 5.91 Å². The van der Waals surface area contributed by atoms with Gasteiger partial charge in [-0.3, -0.25) is 4.79 Å². The zero-order valence-electron chi connectivity index (χ0n) is 16.5. The van der Waals surface area contributed by atoms with Crippen molar-refractivity contribution in [2.24, 2.45) is 0 Å². The molecule has 0 radical (unpaired) electrons. The van der Waals surface area contributed by atoms with E-state index in [2.05, 4.69) is 15.5 Å². The molecule has 4 aromatic rings. The summed E-state index contributed by atoms with van der Waals surface area (Å²) in [4.78, 5) is 12.5. The molecule has 0 saturated heterocycles. The molecule has 0 atom stereocenters. The lowest BCUT2D eigenvalue weighted by Gasteiger charge is -2.12. The number of para-hydroxylation sites is 2. The van der Waals surface area contributed by atoms with E-state index in [9.17, 15) is 4.79 Å². The number of benzene rings is 3. The van der Waals surface area contributed by atoms with E-state index >= 15 is 0 Å². The highest BCUT2D eigenvalue weighted by atomic mass is 32.2. The summed E-state index contributed by atoms with van der Waals surface area (Å²) >= 11 is 1.37. The van der Waals surface area contributed by atoms with Gasteiger partial charge in [-0.1, -0.05) is 78.5 Å². The number of amides is 1. The molecule has 1 heterocycles. The first-order chi connectivity index (χ1) is 14.8. The van der Waals surface area contributed by atoms with Gasteiger partial charge in [0, 0.05) is 16.3 Å². The molecule has 30 heavy (non-hydrogen) atoms. The largest absolute Gasteiger partial charge is 0.492 e. The van der Waals surface area contributed by atoms with Crippen molar-refractivity contribution >= 4 is 34.1 Å². The van der Waals surface area contributed by atoms with Crippen LogP contribution in [-0.4, -0.2) is 28.5 Å². The van der Waals surface area contributed by atoms with Crippen molar-refractivity contribution in [1.82, 2.24) is 10.2 Å². The Morgan fingerprint density at radius 2 is 1.60 bits per heavy atom. The number of nitrogens with one attached hydrogen (secondary N) is 1. The van der Waals surface area contributed by atoms with E-state index in [0.717, 1.165) is 27.1 Å². The Kier molecular flexibility index (Phi) is 6.25. The number of ether oxygens (including phenoxy) is 1. The third kappa shape index (κ3) is 4.44. The van der Waals surface area contributed by atoms with Gasteiger partial charge >= 0.3 is 0 Å². The topological polar surface area (TPSA) is 64.1 Å². The molecule has 1 aromatic heterocycles. The summed E-state index contributed by atoms with van der Waals surface area (Å²) in [6.07, 6.45) is 0. The molecule has 0 unspecified atom stereocenters. The molecule has 0 spiro atoms. The van der Waals surface area contributed by atoms with Gasteiger partial charge in [-0.25, -0.2) is 0 Å². The van der Waals surface area contributed by atoms with E-state index in [4.69, 9.17) is 4.74 Å². The predicted octanol–water partition coefficient (Wildman–Crippen LogP) is 5.43. The molecule has 0 aliphatic carbocycles. The summed E-state index contributed by atoms with van der Waals surface area (Å²) in [7, 11) is 0. The van der Waals surface area contributed by atoms with Crippen molar-refractivity contribution in [3.63, 3.8) is 0 Å². The molecular formula is C24H21N3O2S. The number of carbonyl (C=O) groups excluding carboxylic acids is 1. The van der Waals surface area contributed by atoms with Gasteiger partial charge in [-0.15, -0.1) is 10.2 Å². The van der Waals surface area contributed by atoms with Crippen molar-refractivity contribution < 1.29 is 9.53 Å². The highest BCUT2D eigenvalue weighted by Gasteiger charge is 2.13. The first-order valence-corrected chi connectivity index (χ1v) is 10.7. The minimum atomic E-state index is -0.120. The molecule has 6 heteroatoms. The summed E-state index contributed by atoms with van der Waals surface area (Å²) in [6.45, 7) is 2.45. The van der Waals surface area contributed by atoms with Gasteiger partial charge in [-0.2, -0.15) is 0 Å². The maximum atomic E-state index is 12.5. The number of thioether (sulfide) groups is 1. The average molecular weight is 416 g/mol. The Morgan fingerprint density at radius 3 is 2.40 bits per heavy atom. The number of carbonyl (C=O) groups is 1. The quantitative estimate of drug-likeness (QED) is 0.408. The molecule has 3 aromatic carbocycles. The molecule has 0 fully saturated rings. The van der Waals surface area contributed by atoms with Crippen LogP contribution < -0.4 is 10.1 Å². The zero-order chi connectivity index (χ0) is 20.8. The van der Waals surface area contributed by atoms with Crippen molar-refractivity contribution in [3.05, 3.63) is 78.9 Å². The average Bonchev–Trinajstić information content (AvgIpc) is 2.79. The maximum Gasteiger partial charge on any atom is 0.234 e. The van der Waals surface area contributed by atoms with Crippen LogP contribution in [0.25, 0.3) is 22.0 Å². The van der Waals surface area contributed by atoms with Crippen LogP contribution in [0.5, 0.6) is 5.75 Å². The number of rotatable bonds is 7. The number of hydrogen-bond acceptors (Lipinski definition) is 5. The van der Waals surface area contributed by atoms with Crippen LogP contribution in [0.2, 0.25) is 0 Å². The van der Waals surface area contributed by atoms with E-state index in [-0.39, 0.29) is 11.7 Å². The molecule has 150 valence electrons. The standard InChI is InChI=1S/C24H21N3O2S/c1-2-29-21-15-9-8-14-20(21)25-22(28)16-30-24-19-13-7-6-12-18(19)23(26-27-24)17-10-4-3-5-11-17/h3-15H,2,16H2,1H3,(H,25,28). The Labute approximate surface area is 179 Å². The van der Waals surface area contributed by atoms with Crippen LogP contribution in [0, 0.1) is 0 Å². The SMILES string of the molecule is CCOc1ccccc1NC(=O)CSc1nnc(-c2ccccc2)c2ccccc12. The highest BCUT2D eigenvalue weighted by Crippen LogP contribution is 2.32. The summed E-state index contributed by atoms with van der Waals surface area (Å²) in [5.74, 6) is 0.769. The lowest BCUT2D eigenvalue weighted by Crippen LogP contribution is -2.15. The van der Waals surface area contributed by atoms with Gasteiger partial charge in [0.1, 0.15) is 16.5 Å². The fraction of sp³-hybridized carbons (Fsp3) is 0.125. The van der Waals surface area contributed by atoms with Crippen LogP contribution in [0.4, 0.5) is 5.69 Å². The number of nitrogens with zero attached hydrogens (tertiary/aromatic N) is 2. The molecule has 4 rings (SSSR count). The molecular weight excluding hydrogens is 394 g/mol. The summed E-state index contributed by atoms with van der Waals surface area (Å²) in [5, 5.41) is 14.5. The first kappa shape index (κ1) is 19.9. The molecule has 0 saturated carbocycles. The molecule has 0 bridgehead atoms. The third-order valence-corrected chi connectivity index (χ3v) is 5.48. The Hall–Kier alpha value is -3.38. The second-order valence-corrected chi connectivity index (χ2v) is 7.50. The minimum absolute atomic E-state index is 0.120. The summed E-state index contributed by atoms with van der Waals surface area (Å²) in [5.41, 5.74) is 2.52. The van der Waals surface area contributed by atoms with Crippen molar-refractivity contribution in [3.8, 4) is 17.0 Å². The second-order valence-electron chi connectivity index (χ2n) is 6.53. The van der Waals surface area contributed by atoms with E-state index in [0.29, 0.717) is 18.0 Å². The van der Waals surface area contributed by atoms with Crippen molar-refractivity contribution in [1.29, 1.82) is 0 Å². The maximum absolute atomic E-state index is 12.5. The Balaban J connectivity index is 1.53. The van der Waals surface area contributed by atoms with E-state index < -0.39 is 0 Å². The van der Waals surface area contributed by atoms with Gasteiger partial charge in [0.15, 0.2) is 0 Å². The van der Waals surface area contributed by atoms with Crippen LogP contribution >= 0.6 is 11.8 Å². The molecule has 1 N–H and O–H groups in total. The summed E-state index contributed by atoms with van der Waals surface area (Å²) in [6, 6.07) is 25.4. The van der Waals surface area contributed by atoms with Gasteiger partial charge in [0.05, 0.1) is 18.0 Å². The van der Waals surface area contributed by atoms with Crippen LogP contribution in [0.3, 0.4) is 0 Å².